The van der Waals surface area contributed by atoms with Crippen molar-refractivity contribution in [3.8, 4) is 0 Å². The van der Waals surface area contributed by atoms with Crippen LogP contribution in [0.25, 0.3) is 0 Å². The molecule has 1 atom stereocenters. The fraction of sp³-hybridized carbons (Fsp3) is 0.500. The van der Waals surface area contributed by atoms with E-state index >= 15 is 0 Å². The van der Waals surface area contributed by atoms with Crippen LogP contribution in [0.3, 0.4) is 0 Å². The van der Waals surface area contributed by atoms with E-state index in [2.05, 4.69) is 24.3 Å². The minimum atomic E-state index is -0.394. The van der Waals surface area contributed by atoms with E-state index in [1.165, 1.54) is 11.1 Å². The molecule has 1 saturated heterocycles. The van der Waals surface area contributed by atoms with Crippen LogP contribution in [0, 0.1) is 0 Å². The average molecular weight is 190 g/mol. The van der Waals surface area contributed by atoms with Crippen molar-refractivity contribution >= 4 is 0 Å². The van der Waals surface area contributed by atoms with Crippen molar-refractivity contribution in [2.75, 3.05) is 13.2 Å². The van der Waals surface area contributed by atoms with E-state index in [0.717, 1.165) is 32.5 Å². The fourth-order valence-electron chi connectivity index (χ4n) is 2.45. The summed E-state index contributed by atoms with van der Waals surface area (Å²) in [5.41, 5.74) is 2.64. The number of fused-ring (bicyclic) bond motifs is 2. The van der Waals surface area contributed by atoms with Crippen LogP contribution in [0.5, 0.6) is 0 Å². The molecule has 2 heteroatoms. The van der Waals surface area contributed by atoms with Gasteiger partial charge in [0, 0.05) is 12.0 Å². The van der Waals surface area contributed by atoms with E-state index in [0.29, 0.717) is 0 Å². The highest BCUT2D eigenvalue weighted by atomic mass is 16.7. The number of ether oxygens (including phenoxy) is 2. The number of hydrogen-bond donors (Lipinski definition) is 0. The third-order valence-corrected chi connectivity index (χ3v) is 3.12. The van der Waals surface area contributed by atoms with E-state index in [-0.39, 0.29) is 0 Å². The summed E-state index contributed by atoms with van der Waals surface area (Å²) in [7, 11) is 0. The first-order chi connectivity index (χ1) is 6.91. The molecule has 0 radical (unpaired) electrons. The molecule has 1 aromatic rings. The number of rotatable bonds is 0. The Morgan fingerprint density at radius 2 is 1.93 bits per heavy atom. The minimum absolute atomic E-state index is 0.394. The Balaban J connectivity index is 2.10. The zero-order valence-electron chi connectivity index (χ0n) is 8.16. The predicted octanol–water partition coefficient (Wildman–Crippen LogP) is 2.22. The van der Waals surface area contributed by atoms with Crippen LogP contribution in [0.1, 0.15) is 24.0 Å². The van der Waals surface area contributed by atoms with Gasteiger partial charge in [-0.15, -0.1) is 0 Å². The molecule has 0 unspecified atom stereocenters. The standard InChI is InChI=1S/C12H14O2/c1-2-5-11-10(4-1)6-9-14-12(11)7-3-8-13-12/h1-2,4-5H,3,6-9H2/t12-/m1/s1. The van der Waals surface area contributed by atoms with Gasteiger partial charge in [-0.1, -0.05) is 24.3 Å². The SMILES string of the molecule is c1ccc2c(c1)CCO[C@]21CCCO1. The van der Waals surface area contributed by atoms with Crippen LogP contribution in [0.2, 0.25) is 0 Å². The van der Waals surface area contributed by atoms with Gasteiger partial charge in [-0.3, -0.25) is 0 Å². The van der Waals surface area contributed by atoms with Gasteiger partial charge >= 0.3 is 0 Å². The lowest BCUT2D eigenvalue weighted by molar-refractivity contribution is -0.225. The van der Waals surface area contributed by atoms with Gasteiger partial charge in [0.1, 0.15) is 0 Å². The van der Waals surface area contributed by atoms with Gasteiger partial charge in [-0.05, 0) is 18.4 Å². The Hall–Kier alpha value is -0.860. The van der Waals surface area contributed by atoms with Gasteiger partial charge in [0.2, 0.25) is 0 Å². The molecular weight excluding hydrogens is 176 g/mol. The average Bonchev–Trinajstić information content (AvgIpc) is 2.68. The van der Waals surface area contributed by atoms with Gasteiger partial charge in [0.25, 0.3) is 0 Å². The fourth-order valence-corrected chi connectivity index (χ4v) is 2.45. The van der Waals surface area contributed by atoms with Crippen LogP contribution < -0.4 is 0 Å². The molecule has 0 N–H and O–H groups in total. The molecule has 0 saturated carbocycles. The molecule has 2 aliphatic rings. The Morgan fingerprint density at radius 1 is 1.07 bits per heavy atom. The molecule has 0 bridgehead atoms. The van der Waals surface area contributed by atoms with Crippen LogP contribution in [-0.4, -0.2) is 13.2 Å². The summed E-state index contributed by atoms with van der Waals surface area (Å²) >= 11 is 0. The maximum atomic E-state index is 5.83. The van der Waals surface area contributed by atoms with E-state index in [9.17, 15) is 0 Å². The lowest BCUT2D eigenvalue weighted by Crippen LogP contribution is -2.34. The lowest BCUT2D eigenvalue weighted by Gasteiger charge is -2.34. The van der Waals surface area contributed by atoms with Crippen LogP contribution in [0.4, 0.5) is 0 Å². The quantitative estimate of drug-likeness (QED) is 0.624. The van der Waals surface area contributed by atoms with Crippen molar-refractivity contribution in [2.24, 2.45) is 0 Å². The second kappa shape index (κ2) is 3.07. The van der Waals surface area contributed by atoms with E-state index in [1.807, 2.05) is 0 Å². The predicted molar refractivity (Wildman–Crippen MR) is 53.0 cm³/mol. The molecule has 2 aliphatic heterocycles. The normalized spacial score (nSPS) is 30.6. The van der Waals surface area contributed by atoms with Crippen LogP contribution in [0.15, 0.2) is 24.3 Å². The molecule has 0 amide bonds. The summed E-state index contributed by atoms with van der Waals surface area (Å²) in [6, 6.07) is 8.48. The molecule has 2 heterocycles. The third-order valence-electron chi connectivity index (χ3n) is 3.12. The zero-order chi connectivity index (χ0) is 9.43. The second-order valence-corrected chi connectivity index (χ2v) is 3.96. The zero-order valence-corrected chi connectivity index (χ0v) is 8.16. The molecule has 1 spiro atoms. The maximum Gasteiger partial charge on any atom is 0.195 e. The highest BCUT2D eigenvalue weighted by Gasteiger charge is 2.41. The summed E-state index contributed by atoms with van der Waals surface area (Å²) in [6.45, 7) is 1.62. The molecule has 74 valence electrons. The van der Waals surface area contributed by atoms with Gasteiger partial charge < -0.3 is 9.47 Å². The van der Waals surface area contributed by atoms with Crippen molar-refractivity contribution < 1.29 is 9.47 Å². The summed E-state index contributed by atoms with van der Waals surface area (Å²) in [5.74, 6) is -0.394. The molecule has 3 rings (SSSR count). The first kappa shape index (κ1) is 8.45. The largest absolute Gasteiger partial charge is 0.346 e. The summed E-state index contributed by atoms with van der Waals surface area (Å²) in [4.78, 5) is 0. The van der Waals surface area contributed by atoms with Gasteiger partial charge in [0.05, 0.1) is 13.2 Å². The van der Waals surface area contributed by atoms with Gasteiger partial charge in [0.15, 0.2) is 5.79 Å². The first-order valence-corrected chi connectivity index (χ1v) is 5.27. The Kier molecular flexibility index (Phi) is 1.85. The van der Waals surface area contributed by atoms with Crippen molar-refractivity contribution in [1.29, 1.82) is 0 Å². The number of hydrogen-bond acceptors (Lipinski definition) is 2. The Labute approximate surface area is 83.8 Å². The minimum Gasteiger partial charge on any atom is -0.346 e. The summed E-state index contributed by atoms with van der Waals surface area (Å²) < 4.78 is 11.6. The maximum absolute atomic E-state index is 5.83. The van der Waals surface area contributed by atoms with Crippen LogP contribution in [-0.2, 0) is 21.7 Å². The van der Waals surface area contributed by atoms with Gasteiger partial charge in [-0.2, -0.15) is 0 Å². The molecule has 0 aromatic heterocycles. The van der Waals surface area contributed by atoms with Crippen molar-refractivity contribution in [1.82, 2.24) is 0 Å². The van der Waals surface area contributed by atoms with Crippen molar-refractivity contribution in [2.45, 2.75) is 25.0 Å². The Bertz CT molecular complexity index is 340. The highest BCUT2D eigenvalue weighted by molar-refractivity contribution is 5.33. The molecule has 2 nitrogen and oxygen atoms in total. The summed E-state index contributed by atoms with van der Waals surface area (Å²) in [5, 5.41) is 0. The van der Waals surface area contributed by atoms with Gasteiger partial charge in [-0.25, -0.2) is 0 Å². The van der Waals surface area contributed by atoms with E-state index in [1.54, 1.807) is 0 Å². The molecule has 14 heavy (non-hydrogen) atoms. The molecule has 0 aliphatic carbocycles. The van der Waals surface area contributed by atoms with E-state index < -0.39 is 5.79 Å². The lowest BCUT2D eigenvalue weighted by atomic mass is 9.93. The summed E-state index contributed by atoms with van der Waals surface area (Å²) in [6.07, 6.45) is 3.12. The van der Waals surface area contributed by atoms with Crippen LogP contribution >= 0.6 is 0 Å². The topological polar surface area (TPSA) is 18.5 Å². The highest BCUT2D eigenvalue weighted by Crippen LogP contribution is 2.41. The smallest absolute Gasteiger partial charge is 0.195 e. The monoisotopic (exact) mass is 190 g/mol. The first-order valence-electron chi connectivity index (χ1n) is 5.27. The van der Waals surface area contributed by atoms with Crippen molar-refractivity contribution in [3.05, 3.63) is 35.4 Å². The second-order valence-electron chi connectivity index (χ2n) is 3.96. The Morgan fingerprint density at radius 3 is 2.79 bits per heavy atom. The molecular formula is C12H14O2. The molecule has 1 aromatic carbocycles. The molecule has 1 fully saturated rings. The van der Waals surface area contributed by atoms with E-state index in [4.69, 9.17) is 9.47 Å². The van der Waals surface area contributed by atoms with Crippen molar-refractivity contribution in [3.63, 3.8) is 0 Å². The third kappa shape index (κ3) is 1.11. The number of benzene rings is 1.